The van der Waals surface area contributed by atoms with E-state index in [2.05, 4.69) is 10.3 Å². The van der Waals surface area contributed by atoms with Crippen LogP contribution in [0.15, 0.2) is 47.8 Å². The molecule has 0 spiro atoms. The lowest BCUT2D eigenvalue weighted by Gasteiger charge is -2.09. The van der Waals surface area contributed by atoms with Crippen LogP contribution in [0.4, 0.5) is 10.8 Å². The maximum atomic E-state index is 12.5. The second-order valence-corrected chi connectivity index (χ2v) is 6.68. The maximum Gasteiger partial charge on any atom is 0.257 e. The van der Waals surface area contributed by atoms with Crippen LogP contribution in [0.3, 0.4) is 0 Å². The zero-order chi connectivity index (χ0) is 19.2. The molecule has 2 aromatic carbocycles. The first-order chi connectivity index (χ1) is 13.1. The number of amides is 1. The highest BCUT2D eigenvalue weighted by molar-refractivity contribution is 7.14. The molecule has 1 aromatic heterocycles. The molecule has 6 nitrogen and oxygen atoms in total. The molecule has 0 fully saturated rings. The van der Waals surface area contributed by atoms with Crippen LogP contribution in [0.25, 0.3) is 11.3 Å². The van der Waals surface area contributed by atoms with Gasteiger partial charge in [-0.05, 0) is 48.9 Å². The highest BCUT2D eigenvalue weighted by Crippen LogP contribution is 2.27. The first-order valence-electron chi connectivity index (χ1n) is 8.54. The van der Waals surface area contributed by atoms with Gasteiger partial charge in [-0.2, -0.15) is 0 Å². The molecule has 27 heavy (non-hydrogen) atoms. The van der Waals surface area contributed by atoms with Gasteiger partial charge >= 0.3 is 0 Å². The van der Waals surface area contributed by atoms with Crippen molar-refractivity contribution < 1.29 is 14.3 Å². The van der Waals surface area contributed by atoms with Gasteiger partial charge in [0.15, 0.2) is 5.13 Å². The molecule has 1 heterocycles. The summed E-state index contributed by atoms with van der Waals surface area (Å²) in [7, 11) is 1.63. The standard InChI is InChI=1S/C20H21N3O3S/c1-3-10-26-18-9-6-14(11-16(18)21)19(24)23-20-22-17(12-27-20)13-4-7-15(25-2)8-5-13/h4-9,11-12H,3,10,21H2,1-2H3,(H,22,23,24). The number of aromatic nitrogens is 1. The molecule has 0 atom stereocenters. The second kappa shape index (κ2) is 8.55. The number of ether oxygens (including phenoxy) is 2. The molecular formula is C20H21N3O3S. The van der Waals surface area contributed by atoms with Crippen LogP contribution in [0.2, 0.25) is 0 Å². The van der Waals surface area contributed by atoms with E-state index in [1.807, 2.05) is 36.6 Å². The van der Waals surface area contributed by atoms with Crippen molar-refractivity contribution in [2.75, 3.05) is 24.8 Å². The molecule has 3 rings (SSSR count). The van der Waals surface area contributed by atoms with E-state index in [4.69, 9.17) is 15.2 Å². The second-order valence-electron chi connectivity index (χ2n) is 5.82. The smallest absolute Gasteiger partial charge is 0.257 e. The highest BCUT2D eigenvalue weighted by atomic mass is 32.1. The number of nitrogens with two attached hydrogens (primary N) is 1. The average Bonchev–Trinajstić information content (AvgIpc) is 3.15. The molecule has 3 aromatic rings. The van der Waals surface area contributed by atoms with Gasteiger partial charge in [0.1, 0.15) is 11.5 Å². The molecule has 0 unspecified atom stereocenters. The van der Waals surface area contributed by atoms with Gasteiger partial charge in [0.05, 0.1) is 25.1 Å². The molecule has 0 saturated heterocycles. The average molecular weight is 383 g/mol. The number of hydrogen-bond acceptors (Lipinski definition) is 6. The van der Waals surface area contributed by atoms with Crippen LogP contribution in [-0.4, -0.2) is 24.6 Å². The third-order valence-electron chi connectivity index (χ3n) is 3.84. The lowest BCUT2D eigenvalue weighted by Crippen LogP contribution is -2.12. The van der Waals surface area contributed by atoms with Crippen LogP contribution >= 0.6 is 11.3 Å². The normalized spacial score (nSPS) is 10.4. The number of methoxy groups -OCH3 is 1. The van der Waals surface area contributed by atoms with Gasteiger partial charge in [-0.3, -0.25) is 10.1 Å². The van der Waals surface area contributed by atoms with Gasteiger partial charge in [-0.1, -0.05) is 6.92 Å². The van der Waals surface area contributed by atoms with E-state index in [1.165, 1.54) is 11.3 Å². The molecule has 0 saturated carbocycles. The van der Waals surface area contributed by atoms with Crippen LogP contribution in [0.1, 0.15) is 23.7 Å². The zero-order valence-electron chi connectivity index (χ0n) is 15.2. The third-order valence-corrected chi connectivity index (χ3v) is 4.60. The van der Waals surface area contributed by atoms with E-state index in [9.17, 15) is 4.79 Å². The maximum absolute atomic E-state index is 12.5. The summed E-state index contributed by atoms with van der Waals surface area (Å²) < 4.78 is 10.7. The molecule has 0 aliphatic heterocycles. The van der Waals surface area contributed by atoms with Crippen LogP contribution in [0.5, 0.6) is 11.5 Å². The minimum atomic E-state index is -0.264. The fourth-order valence-electron chi connectivity index (χ4n) is 2.43. The monoisotopic (exact) mass is 383 g/mol. The van der Waals surface area contributed by atoms with Gasteiger partial charge < -0.3 is 15.2 Å². The van der Waals surface area contributed by atoms with Gasteiger partial charge in [-0.25, -0.2) is 4.98 Å². The fourth-order valence-corrected chi connectivity index (χ4v) is 3.14. The zero-order valence-corrected chi connectivity index (χ0v) is 16.0. The van der Waals surface area contributed by atoms with E-state index in [-0.39, 0.29) is 5.91 Å². The molecule has 1 amide bonds. The van der Waals surface area contributed by atoms with E-state index in [0.717, 1.165) is 23.4 Å². The molecule has 0 aliphatic rings. The number of carbonyl (C=O) groups is 1. The lowest BCUT2D eigenvalue weighted by atomic mass is 10.1. The Labute approximate surface area is 162 Å². The van der Waals surface area contributed by atoms with Gasteiger partial charge in [0.25, 0.3) is 5.91 Å². The minimum Gasteiger partial charge on any atom is -0.497 e. The Bertz CT molecular complexity index is 922. The van der Waals surface area contributed by atoms with Crippen molar-refractivity contribution in [3.63, 3.8) is 0 Å². The number of thiazole rings is 1. The quantitative estimate of drug-likeness (QED) is 0.589. The largest absolute Gasteiger partial charge is 0.497 e. The third kappa shape index (κ3) is 4.57. The first kappa shape index (κ1) is 18.7. The number of rotatable bonds is 7. The van der Waals surface area contributed by atoms with E-state index < -0.39 is 0 Å². The van der Waals surface area contributed by atoms with E-state index in [1.54, 1.807) is 25.3 Å². The lowest BCUT2D eigenvalue weighted by molar-refractivity contribution is 0.102. The van der Waals surface area contributed by atoms with Crippen molar-refractivity contribution in [2.24, 2.45) is 0 Å². The Morgan fingerprint density at radius 3 is 2.67 bits per heavy atom. The Balaban J connectivity index is 1.69. The summed E-state index contributed by atoms with van der Waals surface area (Å²) in [4.78, 5) is 16.9. The van der Waals surface area contributed by atoms with E-state index >= 15 is 0 Å². The van der Waals surface area contributed by atoms with Crippen molar-refractivity contribution in [1.82, 2.24) is 4.98 Å². The Kier molecular flexibility index (Phi) is 5.93. The van der Waals surface area contributed by atoms with Crippen molar-refractivity contribution in [2.45, 2.75) is 13.3 Å². The number of nitrogen functional groups attached to an aromatic ring is 1. The minimum absolute atomic E-state index is 0.264. The Hall–Kier alpha value is -3.06. The van der Waals surface area contributed by atoms with Gasteiger partial charge in [0, 0.05) is 16.5 Å². The molecule has 3 N–H and O–H groups in total. The molecule has 7 heteroatoms. The molecule has 0 bridgehead atoms. The summed E-state index contributed by atoms with van der Waals surface area (Å²) >= 11 is 1.37. The number of carbonyl (C=O) groups excluding carboxylic acids is 1. The van der Waals surface area contributed by atoms with Gasteiger partial charge in [0.2, 0.25) is 0 Å². The van der Waals surface area contributed by atoms with Crippen molar-refractivity contribution in [3.8, 4) is 22.8 Å². The molecule has 140 valence electrons. The predicted octanol–water partition coefficient (Wildman–Crippen LogP) is 4.44. The first-order valence-corrected chi connectivity index (χ1v) is 9.42. The molecule has 0 aliphatic carbocycles. The van der Waals surface area contributed by atoms with Crippen molar-refractivity contribution in [1.29, 1.82) is 0 Å². The summed E-state index contributed by atoms with van der Waals surface area (Å²) in [5, 5.41) is 5.23. The molecule has 0 radical (unpaired) electrons. The van der Waals surface area contributed by atoms with Gasteiger partial charge in [-0.15, -0.1) is 11.3 Å². The van der Waals surface area contributed by atoms with E-state index in [0.29, 0.717) is 28.7 Å². The predicted molar refractivity (Wildman–Crippen MR) is 109 cm³/mol. The van der Waals surface area contributed by atoms with Crippen molar-refractivity contribution in [3.05, 3.63) is 53.4 Å². The number of nitrogens with zero attached hydrogens (tertiary/aromatic N) is 1. The fraction of sp³-hybridized carbons (Fsp3) is 0.200. The number of benzene rings is 2. The topological polar surface area (TPSA) is 86.5 Å². The van der Waals surface area contributed by atoms with Crippen LogP contribution < -0.4 is 20.5 Å². The van der Waals surface area contributed by atoms with Crippen molar-refractivity contribution >= 4 is 28.1 Å². The summed E-state index contributed by atoms with van der Waals surface area (Å²) in [6, 6.07) is 12.6. The number of hydrogen-bond donors (Lipinski definition) is 2. The SMILES string of the molecule is CCCOc1ccc(C(=O)Nc2nc(-c3ccc(OC)cc3)cs2)cc1N. The number of anilines is 2. The van der Waals surface area contributed by atoms with Crippen LogP contribution in [0, 0.1) is 0 Å². The highest BCUT2D eigenvalue weighted by Gasteiger charge is 2.12. The number of nitrogens with one attached hydrogen (secondary N) is 1. The summed E-state index contributed by atoms with van der Waals surface area (Å²) in [6.45, 7) is 2.61. The Morgan fingerprint density at radius 1 is 1.22 bits per heavy atom. The summed E-state index contributed by atoms with van der Waals surface area (Å²) in [5.41, 5.74) is 8.61. The van der Waals surface area contributed by atoms with Crippen LogP contribution in [-0.2, 0) is 0 Å². The molecular weight excluding hydrogens is 362 g/mol. The Morgan fingerprint density at radius 2 is 2.00 bits per heavy atom. The summed E-state index contributed by atoms with van der Waals surface area (Å²) in [5.74, 6) is 1.11. The summed E-state index contributed by atoms with van der Waals surface area (Å²) in [6.07, 6.45) is 0.891.